The Hall–Kier alpha value is -1.59. The molecule has 0 aliphatic heterocycles. The number of hydrogen-bond donors (Lipinski definition) is 0. The van der Waals surface area contributed by atoms with Crippen LogP contribution >= 0.6 is 0 Å². The van der Waals surface area contributed by atoms with Crippen LogP contribution in [0.2, 0.25) is 0 Å². The molecule has 0 saturated carbocycles. The number of unbranched alkanes of at least 4 members (excludes halogenated alkanes) is 29. The van der Waals surface area contributed by atoms with Crippen molar-refractivity contribution in [3.05, 3.63) is 0 Å². The molecule has 0 aliphatic rings. The number of ether oxygens (including phenoxy) is 3. The quantitative estimate of drug-likeness (QED) is 0.0344. The highest BCUT2D eigenvalue weighted by atomic mass is 16.6. The summed E-state index contributed by atoms with van der Waals surface area (Å²) in [6.45, 7) is 13.8. The van der Waals surface area contributed by atoms with Crippen LogP contribution in [0.5, 0.6) is 0 Å². The van der Waals surface area contributed by atoms with Gasteiger partial charge in [0, 0.05) is 19.3 Å². The second-order valence-electron chi connectivity index (χ2n) is 19.8. The monoisotopic (exact) mass is 863 g/mol. The molecular weight excluding hydrogens is 757 g/mol. The Balaban J connectivity index is 4.34. The fourth-order valence-corrected chi connectivity index (χ4v) is 8.23. The van der Waals surface area contributed by atoms with Gasteiger partial charge in [0.1, 0.15) is 13.2 Å². The summed E-state index contributed by atoms with van der Waals surface area (Å²) in [5.41, 5.74) is 0. The molecule has 0 aromatic rings. The molecule has 0 N–H and O–H groups in total. The van der Waals surface area contributed by atoms with Crippen LogP contribution in [0.3, 0.4) is 0 Å². The molecule has 0 spiro atoms. The van der Waals surface area contributed by atoms with Gasteiger partial charge in [-0.05, 0) is 37.0 Å². The van der Waals surface area contributed by atoms with Crippen molar-refractivity contribution in [3.63, 3.8) is 0 Å². The van der Waals surface area contributed by atoms with E-state index < -0.39 is 6.10 Å². The Morgan fingerprint density at radius 1 is 0.328 bits per heavy atom. The zero-order valence-electron chi connectivity index (χ0n) is 42.0. The van der Waals surface area contributed by atoms with E-state index in [1.54, 1.807) is 0 Å². The molecule has 2 unspecified atom stereocenters. The fourth-order valence-electron chi connectivity index (χ4n) is 8.23. The number of carbonyl (C=O) groups excluding carboxylic acids is 3. The highest BCUT2D eigenvalue weighted by molar-refractivity contribution is 5.71. The first kappa shape index (κ1) is 59.4. The van der Waals surface area contributed by atoms with E-state index in [4.69, 9.17) is 14.2 Å². The Kier molecular flexibility index (Phi) is 45.2. The minimum Gasteiger partial charge on any atom is -0.462 e. The van der Waals surface area contributed by atoms with Crippen molar-refractivity contribution in [1.29, 1.82) is 0 Å². The van der Waals surface area contributed by atoms with E-state index in [1.165, 1.54) is 180 Å². The maximum atomic E-state index is 12.8. The third kappa shape index (κ3) is 46.2. The minimum absolute atomic E-state index is 0.0644. The predicted molar refractivity (Wildman–Crippen MR) is 261 cm³/mol. The molecule has 61 heavy (non-hydrogen) atoms. The highest BCUT2D eigenvalue weighted by Crippen LogP contribution is 2.19. The number of hydrogen-bond acceptors (Lipinski definition) is 6. The molecule has 0 rings (SSSR count). The summed E-state index contributed by atoms with van der Waals surface area (Å²) in [4.78, 5) is 38.0. The van der Waals surface area contributed by atoms with Crippen LogP contribution in [-0.4, -0.2) is 37.2 Å². The van der Waals surface area contributed by atoms with E-state index in [2.05, 4.69) is 41.5 Å². The van der Waals surface area contributed by atoms with Gasteiger partial charge in [0.05, 0.1) is 0 Å². The molecule has 0 fully saturated rings. The van der Waals surface area contributed by atoms with Crippen LogP contribution in [0.25, 0.3) is 0 Å². The molecule has 0 heterocycles. The van der Waals surface area contributed by atoms with Crippen LogP contribution in [0.1, 0.15) is 298 Å². The second-order valence-corrected chi connectivity index (χ2v) is 19.8. The lowest BCUT2D eigenvalue weighted by Crippen LogP contribution is -2.30. The zero-order valence-corrected chi connectivity index (χ0v) is 42.0. The fraction of sp³-hybridized carbons (Fsp3) is 0.945. The summed E-state index contributed by atoms with van der Waals surface area (Å²) in [6.07, 6.45) is 46.4. The predicted octanol–water partition coefficient (Wildman–Crippen LogP) is 17.6. The van der Waals surface area contributed by atoms with E-state index in [0.29, 0.717) is 19.3 Å². The normalized spacial score (nSPS) is 13.0. The number of carbonyl (C=O) groups is 3. The van der Waals surface area contributed by atoms with Gasteiger partial charge in [0.25, 0.3) is 0 Å². The lowest BCUT2D eigenvalue weighted by Gasteiger charge is -2.18. The van der Waals surface area contributed by atoms with Crippen molar-refractivity contribution in [2.45, 2.75) is 304 Å². The molecule has 6 heteroatoms. The summed E-state index contributed by atoms with van der Waals surface area (Å²) >= 11 is 0. The minimum atomic E-state index is -0.763. The maximum Gasteiger partial charge on any atom is 0.306 e. The van der Waals surface area contributed by atoms with Gasteiger partial charge in [0.15, 0.2) is 6.10 Å². The smallest absolute Gasteiger partial charge is 0.306 e. The van der Waals surface area contributed by atoms with Gasteiger partial charge >= 0.3 is 17.9 Å². The summed E-state index contributed by atoms with van der Waals surface area (Å²) < 4.78 is 16.9. The summed E-state index contributed by atoms with van der Waals surface area (Å²) in [7, 11) is 0. The lowest BCUT2D eigenvalue weighted by atomic mass is 9.99. The van der Waals surface area contributed by atoms with Crippen LogP contribution < -0.4 is 0 Å². The van der Waals surface area contributed by atoms with E-state index in [1.807, 2.05) is 0 Å². The molecule has 3 atom stereocenters. The van der Waals surface area contributed by atoms with Crippen molar-refractivity contribution in [1.82, 2.24) is 0 Å². The van der Waals surface area contributed by atoms with Crippen molar-refractivity contribution in [2.75, 3.05) is 13.2 Å². The van der Waals surface area contributed by atoms with Gasteiger partial charge in [-0.25, -0.2) is 0 Å². The molecule has 362 valence electrons. The first-order valence-corrected chi connectivity index (χ1v) is 27.2. The van der Waals surface area contributed by atoms with E-state index in [9.17, 15) is 14.4 Å². The zero-order chi connectivity index (χ0) is 44.9. The third-order valence-corrected chi connectivity index (χ3v) is 13.1. The Labute approximate surface area is 380 Å². The van der Waals surface area contributed by atoms with Gasteiger partial charge in [-0.2, -0.15) is 0 Å². The molecule has 0 saturated heterocycles. The first-order chi connectivity index (χ1) is 29.7. The molecule has 0 aromatic heterocycles. The highest BCUT2D eigenvalue weighted by Gasteiger charge is 2.19. The Morgan fingerprint density at radius 3 is 0.852 bits per heavy atom. The summed E-state index contributed by atoms with van der Waals surface area (Å²) in [5.74, 6) is 1.72. The van der Waals surface area contributed by atoms with E-state index >= 15 is 0 Å². The van der Waals surface area contributed by atoms with Crippen LogP contribution in [0, 0.1) is 17.8 Å². The molecular formula is C55H106O6. The summed E-state index contributed by atoms with van der Waals surface area (Å²) in [5, 5.41) is 0. The maximum absolute atomic E-state index is 12.8. The van der Waals surface area contributed by atoms with Gasteiger partial charge < -0.3 is 14.2 Å². The van der Waals surface area contributed by atoms with Crippen LogP contribution in [0.4, 0.5) is 0 Å². The van der Waals surface area contributed by atoms with Crippen molar-refractivity contribution in [2.24, 2.45) is 17.8 Å². The Bertz CT molecular complexity index is 949. The summed E-state index contributed by atoms with van der Waals surface area (Å²) in [6, 6.07) is 0. The molecule has 6 nitrogen and oxygen atoms in total. The van der Waals surface area contributed by atoms with Gasteiger partial charge in [-0.3, -0.25) is 14.4 Å². The average molecular weight is 863 g/mol. The van der Waals surface area contributed by atoms with E-state index in [0.717, 1.165) is 75.5 Å². The number of rotatable bonds is 48. The number of esters is 3. The lowest BCUT2D eigenvalue weighted by molar-refractivity contribution is -0.167. The van der Waals surface area contributed by atoms with Crippen LogP contribution in [-0.2, 0) is 28.6 Å². The topological polar surface area (TPSA) is 78.9 Å². The SMILES string of the molecule is CCC(C)CCCCCCCCCCCCC(=O)OC[C@H](COC(=O)CCCCCCCCCCCCCCC(C)C)OC(=O)CCCCCCCCCCCCC(C)CC. The first-order valence-electron chi connectivity index (χ1n) is 27.2. The average Bonchev–Trinajstić information content (AvgIpc) is 3.24. The second kappa shape index (κ2) is 46.4. The third-order valence-electron chi connectivity index (χ3n) is 13.1. The van der Waals surface area contributed by atoms with Gasteiger partial charge in [-0.15, -0.1) is 0 Å². The van der Waals surface area contributed by atoms with Crippen molar-refractivity contribution >= 4 is 17.9 Å². The molecule has 0 bridgehead atoms. The largest absolute Gasteiger partial charge is 0.462 e. The van der Waals surface area contributed by atoms with Gasteiger partial charge in [0.2, 0.25) is 0 Å². The van der Waals surface area contributed by atoms with Crippen LogP contribution in [0.15, 0.2) is 0 Å². The molecule has 0 amide bonds. The molecule has 0 aliphatic carbocycles. The van der Waals surface area contributed by atoms with E-state index in [-0.39, 0.29) is 31.1 Å². The van der Waals surface area contributed by atoms with Crippen molar-refractivity contribution < 1.29 is 28.6 Å². The van der Waals surface area contributed by atoms with Gasteiger partial charge in [-0.1, -0.05) is 260 Å². The standard InChI is InChI=1S/C55H106O6/c1-7-50(5)42-36-30-24-18-13-15-21-27-33-39-45-54(57)60-48-52(61-55(58)46-40-34-28-22-16-14-19-25-31-37-43-51(6)8-2)47-59-53(56)44-38-32-26-20-12-10-9-11-17-23-29-35-41-49(3)4/h49-52H,7-48H2,1-6H3/t50?,51?,52-/m0/s1. The molecule has 0 radical (unpaired) electrons. The molecule has 0 aromatic carbocycles. The van der Waals surface area contributed by atoms with Crippen molar-refractivity contribution in [3.8, 4) is 0 Å². The Morgan fingerprint density at radius 2 is 0.574 bits per heavy atom.